The number of amides is 1. The van der Waals surface area contributed by atoms with Crippen LogP contribution in [0.4, 0.5) is 5.69 Å². The molecule has 108 valence electrons. The van der Waals surface area contributed by atoms with Crippen molar-refractivity contribution in [2.24, 2.45) is 0 Å². The Kier molecular flexibility index (Phi) is 3.12. The fourth-order valence-electron chi connectivity index (χ4n) is 3.68. The Hall–Kier alpha value is -2.09. The lowest BCUT2D eigenvalue weighted by molar-refractivity contribution is -0.122. The van der Waals surface area contributed by atoms with Gasteiger partial charge in [-0.2, -0.15) is 0 Å². The topological polar surface area (TPSA) is 20.3 Å². The van der Waals surface area contributed by atoms with Crippen molar-refractivity contribution in [1.29, 1.82) is 0 Å². The molecule has 1 aliphatic rings. The normalized spacial score (nSPS) is 20.8. The minimum absolute atomic E-state index is 0.190. The summed E-state index contributed by atoms with van der Waals surface area (Å²) in [5.74, 6) is 0.190. The molecule has 0 aromatic heterocycles. The van der Waals surface area contributed by atoms with Crippen molar-refractivity contribution in [1.82, 2.24) is 0 Å². The van der Waals surface area contributed by atoms with Gasteiger partial charge in [0.05, 0.1) is 5.41 Å². The molecule has 1 amide bonds. The lowest BCUT2D eigenvalue weighted by Crippen LogP contribution is -2.38. The largest absolute Gasteiger partial charge is 0.314 e. The van der Waals surface area contributed by atoms with Gasteiger partial charge in [0.2, 0.25) is 5.91 Å². The Morgan fingerprint density at radius 3 is 2.43 bits per heavy atom. The molecule has 0 radical (unpaired) electrons. The summed E-state index contributed by atoms with van der Waals surface area (Å²) in [6, 6.07) is 14.6. The van der Waals surface area contributed by atoms with E-state index in [0.29, 0.717) is 0 Å². The summed E-state index contributed by atoms with van der Waals surface area (Å²) >= 11 is 0. The molecule has 2 aromatic carbocycles. The van der Waals surface area contributed by atoms with Crippen LogP contribution in [-0.2, 0) is 16.6 Å². The van der Waals surface area contributed by atoms with E-state index in [2.05, 4.69) is 45.0 Å². The standard InChI is InChI=1S/C19H21NO/c1-13-10-14(2)17-16(11-13)20(4)18(21)19(17,3)12-15-8-6-5-7-9-15/h5-11H,12H2,1-4H3. The first-order valence-corrected chi connectivity index (χ1v) is 7.37. The molecule has 1 unspecified atom stereocenters. The van der Waals surface area contributed by atoms with Gasteiger partial charge in [0.15, 0.2) is 0 Å². The number of carbonyl (C=O) groups excluding carboxylic acids is 1. The van der Waals surface area contributed by atoms with Gasteiger partial charge in [0.25, 0.3) is 0 Å². The van der Waals surface area contributed by atoms with Crippen LogP contribution in [0.3, 0.4) is 0 Å². The zero-order valence-corrected chi connectivity index (χ0v) is 13.1. The predicted molar refractivity (Wildman–Crippen MR) is 86.8 cm³/mol. The quantitative estimate of drug-likeness (QED) is 0.819. The van der Waals surface area contributed by atoms with Crippen LogP contribution in [0.1, 0.15) is 29.2 Å². The van der Waals surface area contributed by atoms with Crippen molar-refractivity contribution >= 4 is 11.6 Å². The van der Waals surface area contributed by atoms with Crippen molar-refractivity contribution in [2.75, 3.05) is 11.9 Å². The monoisotopic (exact) mass is 279 g/mol. The number of hydrogen-bond acceptors (Lipinski definition) is 1. The number of hydrogen-bond donors (Lipinski definition) is 0. The van der Waals surface area contributed by atoms with E-state index in [1.54, 1.807) is 0 Å². The maximum absolute atomic E-state index is 12.9. The minimum Gasteiger partial charge on any atom is -0.314 e. The van der Waals surface area contributed by atoms with E-state index < -0.39 is 5.41 Å². The number of nitrogens with zero attached hydrogens (tertiary/aromatic N) is 1. The molecule has 0 saturated carbocycles. The van der Waals surface area contributed by atoms with Gasteiger partial charge < -0.3 is 4.90 Å². The summed E-state index contributed by atoms with van der Waals surface area (Å²) in [5.41, 5.74) is 5.40. The second-order valence-corrected chi connectivity index (χ2v) is 6.33. The molecular formula is C19H21NO. The first-order valence-electron chi connectivity index (χ1n) is 7.37. The molecule has 0 bridgehead atoms. The molecule has 0 fully saturated rings. The Morgan fingerprint density at radius 1 is 1.10 bits per heavy atom. The molecule has 21 heavy (non-hydrogen) atoms. The molecule has 0 saturated heterocycles. The van der Waals surface area contributed by atoms with Crippen molar-refractivity contribution in [3.05, 3.63) is 64.7 Å². The summed E-state index contributed by atoms with van der Waals surface area (Å²) in [5, 5.41) is 0. The third-order valence-corrected chi connectivity index (χ3v) is 4.55. The Bertz CT molecular complexity index is 705. The van der Waals surface area contributed by atoms with Gasteiger partial charge in [-0.25, -0.2) is 0 Å². The van der Waals surface area contributed by atoms with E-state index in [1.807, 2.05) is 30.1 Å². The molecule has 3 rings (SSSR count). The van der Waals surface area contributed by atoms with Gasteiger partial charge in [-0.05, 0) is 55.5 Å². The fourth-order valence-corrected chi connectivity index (χ4v) is 3.68. The van der Waals surface area contributed by atoms with Crippen LogP contribution in [0.2, 0.25) is 0 Å². The summed E-state index contributed by atoms with van der Waals surface area (Å²) in [6.07, 6.45) is 0.744. The van der Waals surface area contributed by atoms with Crippen molar-refractivity contribution in [3.8, 4) is 0 Å². The van der Waals surface area contributed by atoms with E-state index in [9.17, 15) is 4.79 Å². The molecule has 1 atom stereocenters. The third kappa shape index (κ3) is 2.06. The zero-order chi connectivity index (χ0) is 15.2. The van der Waals surface area contributed by atoms with Crippen LogP contribution in [0.25, 0.3) is 0 Å². The first kappa shape index (κ1) is 13.9. The maximum Gasteiger partial charge on any atom is 0.237 e. The van der Waals surface area contributed by atoms with Crippen LogP contribution in [0.15, 0.2) is 42.5 Å². The van der Waals surface area contributed by atoms with Gasteiger partial charge in [-0.15, -0.1) is 0 Å². The SMILES string of the molecule is Cc1cc(C)c2c(c1)N(C)C(=O)C2(C)Cc1ccccc1. The van der Waals surface area contributed by atoms with E-state index in [1.165, 1.54) is 22.3 Å². The van der Waals surface area contributed by atoms with E-state index in [0.717, 1.165) is 12.1 Å². The Balaban J connectivity index is 2.14. The maximum atomic E-state index is 12.9. The van der Waals surface area contributed by atoms with Gasteiger partial charge in [-0.1, -0.05) is 36.4 Å². The summed E-state index contributed by atoms with van der Waals surface area (Å²) < 4.78 is 0. The second kappa shape index (κ2) is 4.73. The summed E-state index contributed by atoms with van der Waals surface area (Å²) in [4.78, 5) is 14.7. The highest BCUT2D eigenvalue weighted by atomic mass is 16.2. The summed E-state index contributed by atoms with van der Waals surface area (Å²) in [7, 11) is 1.89. The number of carbonyl (C=O) groups is 1. The number of anilines is 1. The highest BCUT2D eigenvalue weighted by molar-refractivity contribution is 6.08. The smallest absolute Gasteiger partial charge is 0.237 e. The molecule has 2 aromatic rings. The molecule has 0 aliphatic carbocycles. The van der Waals surface area contributed by atoms with E-state index in [-0.39, 0.29) is 5.91 Å². The minimum atomic E-state index is -0.469. The average Bonchev–Trinajstić information content (AvgIpc) is 2.62. The molecule has 2 nitrogen and oxygen atoms in total. The van der Waals surface area contributed by atoms with E-state index >= 15 is 0 Å². The Morgan fingerprint density at radius 2 is 1.76 bits per heavy atom. The zero-order valence-electron chi connectivity index (χ0n) is 13.1. The van der Waals surface area contributed by atoms with Gasteiger partial charge in [-0.3, -0.25) is 4.79 Å². The lowest BCUT2D eigenvalue weighted by Gasteiger charge is -2.24. The van der Waals surface area contributed by atoms with Crippen LogP contribution >= 0.6 is 0 Å². The number of fused-ring (bicyclic) bond motifs is 1. The van der Waals surface area contributed by atoms with Crippen LogP contribution < -0.4 is 4.90 Å². The summed E-state index contributed by atoms with van der Waals surface area (Å²) in [6.45, 7) is 6.27. The molecule has 0 spiro atoms. The highest BCUT2D eigenvalue weighted by Crippen LogP contribution is 2.45. The third-order valence-electron chi connectivity index (χ3n) is 4.55. The lowest BCUT2D eigenvalue weighted by atomic mass is 9.76. The number of aryl methyl sites for hydroxylation is 2. The fraction of sp³-hybridized carbons (Fsp3) is 0.316. The average molecular weight is 279 g/mol. The van der Waals surface area contributed by atoms with Crippen LogP contribution in [0.5, 0.6) is 0 Å². The van der Waals surface area contributed by atoms with E-state index in [4.69, 9.17) is 0 Å². The number of benzene rings is 2. The highest BCUT2D eigenvalue weighted by Gasteiger charge is 2.46. The molecule has 1 heterocycles. The second-order valence-electron chi connectivity index (χ2n) is 6.33. The van der Waals surface area contributed by atoms with Crippen molar-refractivity contribution in [2.45, 2.75) is 32.6 Å². The van der Waals surface area contributed by atoms with Gasteiger partial charge in [0.1, 0.15) is 0 Å². The van der Waals surface area contributed by atoms with Gasteiger partial charge >= 0.3 is 0 Å². The predicted octanol–water partition coefficient (Wildman–Crippen LogP) is 3.78. The van der Waals surface area contributed by atoms with Gasteiger partial charge in [0, 0.05) is 12.7 Å². The van der Waals surface area contributed by atoms with Crippen molar-refractivity contribution < 1.29 is 4.79 Å². The first-order chi connectivity index (χ1) is 9.93. The van der Waals surface area contributed by atoms with Crippen molar-refractivity contribution in [3.63, 3.8) is 0 Å². The molecule has 0 N–H and O–H groups in total. The number of rotatable bonds is 2. The molecule has 2 heteroatoms. The Labute approximate surface area is 126 Å². The molecular weight excluding hydrogens is 258 g/mol. The molecule has 1 aliphatic heterocycles. The number of likely N-dealkylation sites (N-methyl/N-ethyl adjacent to an activating group) is 1. The van der Waals surface area contributed by atoms with Crippen LogP contribution in [-0.4, -0.2) is 13.0 Å². The van der Waals surface area contributed by atoms with Crippen LogP contribution in [0, 0.1) is 13.8 Å².